The molecule has 0 radical (unpaired) electrons. The Bertz CT molecular complexity index is 496. The zero-order valence-corrected chi connectivity index (χ0v) is 14.4. The number of rotatable bonds is 8. The maximum atomic E-state index is 5.77. The van der Waals surface area contributed by atoms with E-state index in [9.17, 15) is 0 Å². The first kappa shape index (κ1) is 16.0. The van der Waals surface area contributed by atoms with Crippen LogP contribution in [0.5, 0.6) is 0 Å². The number of halogens is 1. The van der Waals surface area contributed by atoms with Crippen molar-refractivity contribution in [1.82, 2.24) is 9.88 Å². The highest BCUT2D eigenvalue weighted by molar-refractivity contribution is 7.10. The Morgan fingerprint density at radius 3 is 2.85 bits per heavy atom. The van der Waals surface area contributed by atoms with E-state index in [4.69, 9.17) is 11.6 Å². The minimum absolute atomic E-state index is 0.512. The molecule has 0 fully saturated rings. The van der Waals surface area contributed by atoms with Gasteiger partial charge in [0.05, 0.1) is 16.6 Å². The lowest BCUT2D eigenvalue weighted by molar-refractivity contribution is 0.259. The molecule has 2 aromatic rings. The fourth-order valence-corrected chi connectivity index (χ4v) is 4.02. The van der Waals surface area contributed by atoms with Crippen molar-refractivity contribution in [2.24, 2.45) is 0 Å². The molecule has 1 atom stereocenters. The molecule has 2 aromatic heterocycles. The van der Waals surface area contributed by atoms with Gasteiger partial charge in [0, 0.05) is 16.3 Å². The van der Waals surface area contributed by atoms with Crippen molar-refractivity contribution < 1.29 is 0 Å². The van der Waals surface area contributed by atoms with Gasteiger partial charge in [-0.05, 0) is 51.2 Å². The predicted octanol–water partition coefficient (Wildman–Crippen LogP) is 4.96. The first-order valence-electron chi connectivity index (χ1n) is 6.93. The Hall–Kier alpha value is -0.420. The normalized spacial score (nSPS) is 13.0. The van der Waals surface area contributed by atoms with Gasteiger partial charge in [0.25, 0.3) is 0 Å². The summed E-state index contributed by atoms with van der Waals surface area (Å²) in [4.78, 5) is 8.37. The average Bonchev–Trinajstić information content (AvgIpc) is 3.13. The molecule has 0 aromatic carbocycles. The van der Waals surface area contributed by atoms with Crippen molar-refractivity contribution in [3.05, 3.63) is 38.5 Å². The third kappa shape index (κ3) is 4.55. The van der Waals surface area contributed by atoms with Crippen LogP contribution in [0, 0.1) is 0 Å². The van der Waals surface area contributed by atoms with Crippen molar-refractivity contribution in [3.63, 3.8) is 0 Å². The monoisotopic (exact) mass is 328 g/mol. The summed E-state index contributed by atoms with van der Waals surface area (Å²) in [6.45, 7) is 3.41. The highest BCUT2D eigenvalue weighted by atomic mass is 35.5. The lowest BCUT2D eigenvalue weighted by atomic mass is 10.2. The summed E-state index contributed by atoms with van der Waals surface area (Å²) in [5.41, 5.74) is 1.01. The zero-order valence-electron chi connectivity index (χ0n) is 12.0. The first-order valence-corrected chi connectivity index (χ1v) is 9.23. The molecule has 5 heteroatoms. The smallest absolute Gasteiger partial charge is 0.0928 e. The van der Waals surface area contributed by atoms with Crippen molar-refractivity contribution in [2.45, 2.75) is 38.1 Å². The van der Waals surface area contributed by atoms with Crippen LogP contribution in [0.1, 0.15) is 41.4 Å². The summed E-state index contributed by atoms with van der Waals surface area (Å²) in [6.07, 6.45) is 3.47. The second-order valence-corrected chi connectivity index (χ2v) is 7.18. The predicted molar refractivity (Wildman–Crippen MR) is 90.0 cm³/mol. The summed E-state index contributed by atoms with van der Waals surface area (Å²) in [7, 11) is 2.21. The summed E-state index contributed by atoms with van der Waals surface area (Å²) in [6, 6.07) is 4.86. The molecule has 20 heavy (non-hydrogen) atoms. The molecular formula is C15H21ClN2S2. The molecule has 2 heterocycles. The standard InChI is InChI=1S/C15H21ClN2S2/c1-12(14-6-5-9-19-14)18(2)8-4-3-7-15-17-13(10-16)11-20-15/h5-6,9,11-12H,3-4,7-8,10H2,1-2H3. The van der Waals surface area contributed by atoms with Gasteiger partial charge in [-0.2, -0.15) is 0 Å². The van der Waals surface area contributed by atoms with Crippen molar-refractivity contribution >= 4 is 34.3 Å². The Balaban J connectivity index is 1.67. The topological polar surface area (TPSA) is 16.1 Å². The summed E-state index contributed by atoms with van der Waals surface area (Å²) in [5, 5.41) is 5.43. The largest absolute Gasteiger partial charge is 0.299 e. The zero-order chi connectivity index (χ0) is 14.4. The number of hydrogen-bond acceptors (Lipinski definition) is 4. The van der Waals surface area contributed by atoms with E-state index in [2.05, 4.69) is 46.7 Å². The van der Waals surface area contributed by atoms with Crippen LogP contribution in [0.25, 0.3) is 0 Å². The minimum atomic E-state index is 0.512. The number of unbranched alkanes of at least 4 members (excludes halogenated alkanes) is 1. The molecule has 0 bridgehead atoms. The van der Waals surface area contributed by atoms with Gasteiger partial charge in [-0.1, -0.05) is 6.07 Å². The first-order chi connectivity index (χ1) is 9.70. The van der Waals surface area contributed by atoms with Crippen LogP contribution in [0.2, 0.25) is 0 Å². The van der Waals surface area contributed by atoms with E-state index in [1.807, 2.05) is 11.3 Å². The van der Waals surface area contributed by atoms with Crippen molar-refractivity contribution in [1.29, 1.82) is 0 Å². The van der Waals surface area contributed by atoms with Crippen LogP contribution in [0.4, 0.5) is 0 Å². The van der Waals surface area contributed by atoms with Gasteiger partial charge >= 0.3 is 0 Å². The molecule has 0 aliphatic heterocycles. The Morgan fingerprint density at radius 2 is 2.20 bits per heavy atom. The Morgan fingerprint density at radius 1 is 1.35 bits per heavy atom. The second-order valence-electron chi connectivity index (χ2n) is 5.00. The van der Waals surface area contributed by atoms with E-state index in [0.717, 1.165) is 18.7 Å². The lowest BCUT2D eigenvalue weighted by Gasteiger charge is -2.23. The van der Waals surface area contributed by atoms with Crippen LogP contribution in [-0.4, -0.2) is 23.5 Å². The molecule has 0 spiro atoms. The molecule has 0 saturated heterocycles. The molecule has 0 N–H and O–H groups in total. The van der Waals surface area contributed by atoms with Gasteiger partial charge in [0.2, 0.25) is 0 Å². The van der Waals surface area contributed by atoms with Gasteiger partial charge in [-0.25, -0.2) is 4.98 Å². The number of thiazole rings is 1. The quantitative estimate of drug-likeness (QED) is 0.503. The molecule has 0 aliphatic rings. The third-order valence-corrected chi connectivity index (χ3v) is 5.78. The van der Waals surface area contributed by atoms with Crippen molar-refractivity contribution in [3.8, 4) is 0 Å². The molecule has 110 valence electrons. The van der Waals surface area contributed by atoms with E-state index in [1.54, 1.807) is 11.3 Å². The second kappa shape index (κ2) is 8.13. The Labute approximate surface area is 134 Å². The highest BCUT2D eigenvalue weighted by Crippen LogP contribution is 2.23. The molecule has 1 unspecified atom stereocenters. The van der Waals surface area contributed by atoms with Gasteiger partial charge in [0.15, 0.2) is 0 Å². The van der Waals surface area contributed by atoms with E-state index in [-0.39, 0.29) is 0 Å². The van der Waals surface area contributed by atoms with E-state index < -0.39 is 0 Å². The fourth-order valence-electron chi connectivity index (χ4n) is 2.10. The third-order valence-electron chi connectivity index (χ3n) is 3.50. The SMILES string of the molecule is CC(c1cccs1)N(C)CCCCc1nc(CCl)cs1. The summed E-state index contributed by atoms with van der Waals surface area (Å²) >= 11 is 9.33. The number of aromatic nitrogens is 1. The molecule has 2 nitrogen and oxygen atoms in total. The fraction of sp³-hybridized carbons (Fsp3) is 0.533. The number of thiophene rings is 1. The highest BCUT2D eigenvalue weighted by Gasteiger charge is 2.11. The van der Waals surface area contributed by atoms with Crippen LogP contribution in [0.15, 0.2) is 22.9 Å². The average molecular weight is 329 g/mol. The summed E-state index contributed by atoms with van der Waals surface area (Å²) < 4.78 is 0. The van der Waals surface area contributed by atoms with Gasteiger partial charge in [-0.15, -0.1) is 34.3 Å². The molecule has 0 aliphatic carbocycles. The van der Waals surface area contributed by atoms with Crippen molar-refractivity contribution in [2.75, 3.05) is 13.6 Å². The minimum Gasteiger partial charge on any atom is -0.299 e. The van der Waals surface area contributed by atoms with Gasteiger partial charge < -0.3 is 0 Å². The van der Waals surface area contributed by atoms with Crippen LogP contribution in [-0.2, 0) is 12.3 Å². The Kier molecular flexibility index (Phi) is 6.49. The molecule has 0 saturated carbocycles. The van der Waals surface area contributed by atoms with Gasteiger partial charge in [-0.3, -0.25) is 4.90 Å². The number of alkyl halides is 1. The number of hydrogen-bond donors (Lipinski definition) is 0. The molecule has 0 amide bonds. The van der Waals surface area contributed by atoms with Crippen LogP contribution in [0.3, 0.4) is 0 Å². The maximum Gasteiger partial charge on any atom is 0.0928 e. The van der Waals surface area contributed by atoms with Gasteiger partial charge in [0.1, 0.15) is 0 Å². The van der Waals surface area contributed by atoms with E-state index >= 15 is 0 Å². The number of nitrogens with zero attached hydrogens (tertiary/aromatic N) is 2. The van der Waals surface area contributed by atoms with Crippen LogP contribution < -0.4 is 0 Å². The maximum absolute atomic E-state index is 5.77. The lowest BCUT2D eigenvalue weighted by Crippen LogP contribution is -2.22. The van der Waals surface area contributed by atoms with E-state index in [1.165, 1.54) is 22.7 Å². The summed E-state index contributed by atoms with van der Waals surface area (Å²) in [5.74, 6) is 0.525. The molecule has 2 rings (SSSR count). The number of aryl methyl sites for hydroxylation is 1. The molecular weight excluding hydrogens is 308 g/mol. The van der Waals surface area contributed by atoms with E-state index in [0.29, 0.717) is 11.9 Å². The van der Waals surface area contributed by atoms with Crippen LogP contribution >= 0.6 is 34.3 Å².